The van der Waals surface area contributed by atoms with Crippen LogP contribution in [0.15, 0.2) is 36.2 Å². The number of benzene rings is 1. The van der Waals surface area contributed by atoms with Crippen LogP contribution in [0.3, 0.4) is 0 Å². The van der Waals surface area contributed by atoms with E-state index in [1.165, 1.54) is 24.3 Å². The minimum absolute atomic E-state index is 0.157. The third kappa shape index (κ3) is 7.02. The fourth-order valence-electron chi connectivity index (χ4n) is 4.54. The number of allylic oxidation sites excluding steroid dienone is 2. The van der Waals surface area contributed by atoms with E-state index in [4.69, 9.17) is 10.00 Å². The Morgan fingerprint density at radius 1 is 1.00 bits per heavy atom. The Morgan fingerprint density at radius 2 is 1.63 bits per heavy atom. The maximum absolute atomic E-state index is 13.1. The lowest BCUT2D eigenvalue weighted by Gasteiger charge is -2.32. The van der Waals surface area contributed by atoms with Gasteiger partial charge in [-0.2, -0.15) is 9.65 Å². The van der Waals surface area contributed by atoms with Gasteiger partial charge in [0.1, 0.15) is 11.8 Å². The number of alkyl halides is 3. The molecule has 7 heteroatoms. The fraction of sp³-hybridized carbons (Fsp3) is 0.609. The number of nitriles is 1. The van der Waals surface area contributed by atoms with E-state index in [0.29, 0.717) is 11.8 Å². The zero-order chi connectivity index (χ0) is 21.6. The highest BCUT2D eigenvalue weighted by Gasteiger charge is 2.31. The molecule has 0 bridgehead atoms. The Labute approximate surface area is 174 Å². The van der Waals surface area contributed by atoms with Gasteiger partial charge in [0.05, 0.1) is 6.10 Å². The second kappa shape index (κ2) is 10.3. The highest BCUT2D eigenvalue weighted by Crippen LogP contribution is 2.36. The SMILES string of the molecule is N#CC(F)=CC1CCC(COC2CCC(c3ccc(OC(F)(F)F)cc3)CC2)CC1. The molecule has 2 saturated carbocycles. The largest absolute Gasteiger partial charge is 0.573 e. The summed E-state index contributed by atoms with van der Waals surface area (Å²) in [4.78, 5) is 0. The Morgan fingerprint density at radius 3 is 2.20 bits per heavy atom. The number of ether oxygens (including phenoxy) is 2. The fourth-order valence-corrected chi connectivity index (χ4v) is 4.54. The van der Waals surface area contributed by atoms with Crippen molar-refractivity contribution in [3.05, 3.63) is 41.7 Å². The van der Waals surface area contributed by atoms with Crippen LogP contribution in [-0.4, -0.2) is 19.1 Å². The van der Waals surface area contributed by atoms with Gasteiger partial charge in [0.15, 0.2) is 5.83 Å². The summed E-state index contributed by atoms with van der Waals surface area (Å²) >= 11 is 0. The van der Waals surface area contributed by atoms with E-state index in [2.05, 4.69) is 4.74 Å². The molecule has 30 heavy (non-hydrogen) atoms. The molecule has 0 radical (unpaired) electrons. The van der Waals surface area contributed by atoms with Crippen molar-refractivity contribution in [2.75, 3.05) is 6.61 Å². The number of halogens is 4. The standard InChI is InChI=1S/C23H27F4NO2/c24-20(14-28)13-16-1-3-17(4-2-16)15-29-21-9-5-18(6-10-21)19-7-11-22(12-8-19)30-23(25,26)27/h7-8,11-13,16-18,21H,1-6,9-10,15H2. The zero-order valence-electron chi connectivity index (χ0n) is 16.8. The zero-order valence-corrected chi connectivity index (χ0v) is 16.8. The van der Waals surface area contributed by atoms with Crippen molar-refractivity contribution in [1.82, 2.24) is 0 Å². The van der Waals surface area contributed by atoms with Gasteiger partial charge in [-0.3, -0.25) is 0 Å². The van der Waals surface area contributed by atoms with Crippen LogP contribution in [0.4, 0.5) is 17.6 Å². The summed E-state index contributed by atoms with van der Waals surface area (Å²) in [6.07, 6.45) is 4.55. The van der Waals surface area contributed by atoms with Crippen LogP contribution in [0.2, 0.25) is 0 Å². The first-order chi connectivity index (χ1) is 14.3. The number of nitrogens with zero attached hydrogens (tertiary/aromatic N) is 1. The van der Waals surface area contributed by atoms with Gasteiger partial charge < -0.3 is 9.47 Å². The molecule has 2 aliphatic carbocycles. The maximum Gasteiger partial charge on any atom is 0.573 e. The molecule has 1 aromatic carbocycles. The van der Waals surface area contributed by atoms with E-state index >= 15 is 0 Å². The lowest BCUT2D eigenvalue weighted by molar-refractivity contribution is -0.274. The van der Waals surface area contributed by atoms with Crippen LogP contribution in [0.25, 0.3) is 0 Å². The van der Waals surface area contributed by atoms with Gasteiger partial charge in [-0.1, -0.05) is 12.1 Å². The number of hydrogen-bond acceptors (Lipinski definition) is 3. The van der Waals surface area contributed by atoms with Gasteiger partial charge in [-0.05, 0) is 92.9 Å². The molecule has 0 aliphatic heterocycles. The van der Waals surface area contributed by atoms with Crippen LogP contribution in [0.5, 0.6) is 5.75 Å². The Bertz CT molecular complexity index is 738. The van der Waals surface area contributed by atoms with Gasteiger partial charge in [-0.25, -0.2) is 0 Å². The van der Waals surface area contributed by atoms with Crippen LogP contribution in [0.1, 0.15) is 62.8 Å². The minimum Gasteiger partial charge on any atom is -0.406 e. The van der Waals surface area contributed by atoms with Crippen molar-refractivity contribution in [2.45, 2.75) is 69.8 Å². The molecular formula is C23H27F4NO2. The van der Waals surface area contributed by atoms with Crippen LogP contribution in [-0.2, 0) is 4.74 Å². The van der Waals surface area contributed by atoms with E-state index in [-0.39, 0.29) is 17.8 Å². The first-order valence-electron chi connectivity index (χ1n) is 10.6. The summed E-state index contributed by atoms with van der Waals surface area (Å²) < 4.78 is 59.9. The molecule has 3 nitrogen and oxygen atoms in total. The third-order valence-electron chi connectivity index (χ3n) is 6.21. The van der Waals surface area contributed by atoms with Crippen molar-refractivity contribution >= 4 is 0 Å². The van der Waals surface area contributed by atoms with Crippen LogP contribution in [0, 0.1) is 23.2 Å². The van der Waals surface area contributed by atoms with Crippen molar-refractivity contribution in [1.29, 1.82) is 5.26 Å². The summed E-state index contributed by atoms with van der Waals surface area (Å²) in [5.74, 6) is 0.0998. The van der Waals surface area contributed by atoms with Gasteiger partial charge in [0.25, 0.3) is 0 Å². The summed E-state index contributed by atoms with van der Waals surface area (Å²) in [6, 6.07) is 7.72. The van der Waals surface area contributed by atoms with E-state index in [1.54, 1.807) is 12.1 Å². The molecule has 0 aromatic heterocycles. The Balaban J connectivity index is 1.37. The smallest absolute Gasteiger partial charge is 0.406 e. The molecule has 3 rings (SSSR count). The number of hydrogen-bond donors (Lipinski definition) is 0. The molecule has 2 fully saturated rings. The van der Waals surface area contributed by atoms with Crippen LogP contribution >= 0.6 is 0 Å². The van der Waals surface area contributed by atoms with E-state index in [1.807, 2.05) is 0 Å². The highest BCUT2D eigenvalue weighted by atomic mass is 19.4. The summed E-state index contributed by atoms with van der Waals surface area (Å²) in [6.45, 7) is 0.718. The molecule has 0 N–H and O–H groups in total. The minimum atomic E-state index is -4.67. The van der Waals surface area contributed by atoms with E-state index in [0.717, 1.165) is 63.5 Å². The van der Waals surface area contributed by atoms with Gasteiger partial charge in [0.2, 0.25) is 0 Å². The number of rotatable bonds is 6. The maximum atomic E-state index is 13.1. The summed E-state index contributed by atoms with van der Waals surface area (Å²) in [5, 5.41) is 8.53. The van der Waals surface area contributed by atoms with Gasteiger partial charge in [0, 0.05) is 6.61 Å². The molecule has 1 aromatic rings. The average Bonchev–Trinajstić information content (AvgIpc) is 2.73. The predicted molar refractivity (Wildman–Crippen MR) is 104 cm³/mol. The molecule has 0 saturated heterocycles. The lowest BCUT2D eigenvalue weighted by atomic mass is 9.81. The van der Waals surface area contributed by atoms with E-state index in [9.17, 15) is 17.6 Å². The normalized spacial score (nSPS) is 28.0. The lowest BCUT2D eigenvalue weighted by Crippen LogP contribution is -2.25. The second-order valence-corrected chi connectivity index (χ2v) is 8.33. The predicted octanol–water partition coefficient (Wildman–Crippen LogP) is 6.81. The first kappa shape index (κ1) is 22.6. The quantitative estimate of drug-likeness (QED) is 0.371. The third-order valence-corrected chi connectivity index (χ3v) is 6.21. The van der Waals surface area contributed by atoms with E-state index < -0.39 is 12.2 Å². The molecular weight excluding hydrogens is 398 g/mol. The summed E-state index contributed by atoms with van der Waals surface area (Å²) in [7, 11) is 0. The van der Waals surface area contributed by atoms with Gasteiger partial charge in [-0.15, -0.1) is 13.2 Å². The van der Waals surface area contributed by atoms with Crippen LogP contribution < -0.4 is 4.74 Å². The first-order valence-corrected chi connectivity index (χ1v) is 10.6. The van der Waals surface area contributed by atoms with Crippen molar-refractivity contribution in [3.8, 4) is 11.8 Å². The van der Waals surface area contributed by atoms with Gasteiger partial charge >= 0.3 is 6.36 Å². The average molecular weight is 425 g/mol. The molecule has 0 amide bonds. The molecule has 0 spiro atoms. The highest BCUT2D eigenvalue weighted by molar-refractivity contribution is 5.29. The topological polar surface area (TPSA) is 42.2 Å². The van der Waals surface area contributed by atoms with Crippen molar-refractivity contribution in [2.24, 2.45) is 11.8 Å². The molecule has 0 unspecified atom stereocenters. The molecule has 2 aliphatic rings. The second-order valence-electron chi connectivity index (χ2n) is 8.33. The van der Waals surface area contributed by atoms with Crippen molar-refractivity contribution < 1.29 is 27.0 Å². The monoisotopic (exact) mass is 425 g/mol. The molecule has 164 valence electrons. The molecule has 0 atom stereocenters. The molecule has 0 heterocycles. The summed E-state index contributed by atoms with van der Waals surface area (Å²) in [5.41, 5.74) is 1.04. The Hall–Kier alpha value is -2.07. The Kier molecular flexibility index (Phi) is 7.76. The van der Waals surface area contributed by atoms with Crippen molar-refractivity contribution in [3.63, 3.8) is 0 Å².